The van der Waals surface area contributed by atoms with E-state index in [4.69, 9.17) is 5.73 Å². The van der Waals surface area contributed by atoms with Gasteiger partial charge in [-0.25, -0.2) is 0 Å². The Hall–Kier alpha value is -1.89. The van der Waals surface area contributed by atoms with E-state index >= 15 is 0 Å². The third-order valence-corrected chi connectivity index (χ3v) is 4.71. The number of hydrogen-bond donors (Lipinski definition) is 4. The van der Waals surface area contributed by atoms with Gasteiger partial charge in [-0.15, -0.1) is 0 Å². The van der Waals surface area contributed by atoms with Crippen LogP contribution in [0.5, 0.6) is 5.75 Å². The minimum absolute atomic E-state index is 0.0134. The number of rotatable bonds is 8. The van der Waals surface area contributed by atoms with E-state index in [-0.39, 0.29) is 17.4 Å². The highest BCUT2D eigenvalue weighted by Gasteiger charge is 2.17. The molecule has 0 heterocycles. The Kier molecular flexibility index (Phi) is 6.99. The smallest absolute Gasteiger partial charge is 0.252 e. The Morgan fingerprint density at radius 3 is 2.60 bits per heavy atom. The fourth-order valence-electron chi connectivity index (χ4n) is 2.56. The molecule has 0 aliphatic heterocycles. The van der Waals surface area contributed by atoms with Gasteiger partial charge < -0.3 is 21.3 Å². The van der Waals surface area contributed by atoms with Gasteiger partial charge in [-0.2, -0.15) is 0 Å². The van der Waals surface area contributed by atoms with Crippen molar-refractivity contribution in [2.24, 2.45) is 5.73 Å². The summed E-state index contributed by atoms with van der Waals surface area (Å²) in [6.07, 6.45) is 1.10. The summed E-state index contributed by atoms with van der Waals surface area (Å²) < 4.78 is 0.329. The first kappa shape index (κ1) is 19.4. The number of amides is 1. The molecule has 2 unspecified atom stereocenters. The molecule has 0 aromatic heterocycles. The molecule has 0 fully saturated rings. The number of halogens is 1. The monoisotopic (exact) mass is 406 g/mol. The maximum absolute atomic E-state index is 11.4. The maximum atomic E-state index is 11.4. The van der Waals surface area contributed by atoms with Crippen LogP contribution >= 0.6 is 15.9 Å². The third-order valence-electron chi connectivity index (χ3n) is 4.10. The van der Waals surface area contributed by atoms with Crippen molar-refractivity contribution in [3.05, 3.63) is 63.6 Å². The molecule has 134 valence electrons. The molecule has 2 aromatic carbocycles. The number of aryl methyl sites for hydroxylation is 1. The minimum atomic E-state index is -0.811. The zero-order valence-electron chi connectivity index (χ0n) is 14.1. The van der Waals surface area contributed by atoms with Crippen LogP contribution in [-0.4, -0.2) is 28.7 Å². The number of aliphatic hydroxyl groups excluding tert-OH is 1. The second kappa shape index (κ2) is 8.99. The maximum Gasteiger partial charge on any atom is 0.252 e. The first-order chi connectivity index (χ1) is 11.9. The van der Waals surface area contributed by atoms with E-state index in [0.29, 0.717) is 16.6 Å². The highest BCUT2D eigenvalue weighted by atomic mass is 79.9. The molecule has 5 nitrogen and oxygen atoms in total. The molecule has 6 heteroatoms. The lowest BCUT2D eigenvalue weighted by Crippen LogP contribution is -2.31. The molecular weight excluding hydrogens is 384 g/mol. The molecule has 1 amide bonds. The first-order valence-corrected chi connectivity index (χ1v) is 8.95. The van der Waals surface area contributed by atoms with Crippen LogP contribution in [0, 0.1) is 0 Å². The summed E-state index contributed by atoms with van der Waals surface area (Å²) >= 11 is 3.17. The summed E-state index contributed by atoms with van der Waals surface area (Å²) in [6, 6.07) is 13.5. The van der Waals surface area contributed by atoms with Gasteiger partial charge in [0.15, 0.2) is 0 Å². The van der Waals surface area contributed by atoms with Crippen LogP contribution in [0.15, 0.2) is 46.9 Å². The summed E-state index contributed by atoms with van der Waals surface area (Å²) in [6.45, 7) is 2.41. The number of aliphatic hydroxyl groups is 1. The van der Waals surface area contributed by atoms with E-state index in [0.717, 1.165) is 12.8 Å². The molecule has 0 aliphatic rings. The number of phenols is 1. The van der Waals surface area contributed by atoms with E-state index < -0.39 is 12.0 Å². The number of primary amides is 1. The van der Waals surface area contributed by atoms with Crippen molar-refractivity contribution in [3.8, 4) is 5.75 Å². The number of hydrogen-bond acceptors (Lipinski definition) is 4. The lowest BCUT2D eigenvalue weighted by atomic mass is 10.0. The standard InChI is InChI=1S/C19H23BrN2O3/c1-12(7-8-13-5-3-2-4-6-13)22-11-17(23)14-9-15(19(21)25)18(24)16(20)10-14/h2-6,9-10,12,17,22-24H,7-8,11H2,1H3,(H2,21,25). The topological polar surface area (TPSA) is 95.6 Å². The van der Waals surface area contributed by atoms with E-state index in [9.17, 15) is 15.0 Å². The Morgan fingerprint density at radius 1 is 1.28 bits per heavy atom. The van der Waals surface area contributed by atoms with Gasteiger partial charge in [0.2, 0.25) is 0 Å². The molecule has 5 N–H and O–H groups in total. The zero-order valence-corrected chi connectivity index (χ0v) is 15.7. The molecule has 0 saturated heterocycles. The van der Waals surface area contributed by atoms with Crippen molar-refractivity contribution in [3.63, 3.8) is 0 Å². The molecule has 2 rings (SSSR count). The minimum Gasteiger partial charge on any atom is -0.506 e. The molecule has 0 bridgehead atoms. The van der Waals surface area contributed by atoms with E-state index in [1.165, 1.54) is 11.6 Å². The predicted molar refractivity (Wildman–Crippen MR) is 102 cm³/mol. The molecule has 2 aromatic rings. The van der Waals surface area contributed by atoms with Gasteiger partial charge in [-0.3, -0.25) is 4.79 Å². The second-order valence-corrected chi connectivity index (χ2v) is 6.97. The highest BCUT2D eigenvalue weighted by Crippen LogP contribution is 2.31. The predicted octanol–water partition coefficient (Wildman–Crippen LogP) is 2.90. The summed E-state index contributed by atoms with van der Waals surface area (Å²) in [4.78, 5) is 11.4. The van der Waals surface area contributed by atoms with Crippen LogP contribution in [0.4, 0.5) is 0 Å². The van der Waals surface area contributed by atoms with Gasteiger partial charge >= 0.3 is 0 Å². The van der Waals surface area contributed by atoms with Gasteiger partial charge in [0.25, 0.3) is 5.91 Å². The van der Waals surface area contributed by atoms with E-state index in [1.54, 1.807) is 6.07 Å². The van der Waals surface area contributed by atoms with Gasteiger partial charge in [-0.1, -0.05) is 30.3 Å². The SMILES string of the molecule is CC(CCc1ccccc1)NCC(O)c1cc(Br)c(O)c(C(N)=O)c1. The van der Waals surface area contributed by atoms with Crippen molar-refractivity contribution in [2.75, 3.05) is 6.54 Å². The summed E-state index contributed by atoms with van der Waals surface area (Å²) in [5.74, 6) is -0.955. The Balaban J connectivity index is 1.91. The van der Waals surface area contributed by atoms with Crippen LogP contribution in [0.25, 0.3) is 0 Å². The second-order valence-electron chi connectivity index (χ2n) is 6.11. The van der Waals surface area contributed by atoms with Crippen LogP contribution in [0.2, 0.25) is 0 Å². The number of nitrogens with one attached hydrogen (secondary N) is 1. The zero-order chi connectivity index (χ0) is 18.4. The molecule has 0 saturated carbocycles. The van der Waals surface area contributed by atoms with Crippen molar-refractivity contribution >= 4 is 21.8 Å². The highest BCUT2D eigenvalue weighted by molar-refractivity contribution is 9.10. The van der Waals surface area contributed by atoms with Crippen molar-refractivity contribution in [1.82, 2.24) is 5.32 Å². The van der Waals surface area contributed by atoms with Crippen LogP contribution in [0.3, 0.4) is 0 Å². The average Bonchev–Trinajstić information content (AvgIpc) is 2.60. The van der Waals surface area contributed by atoms with Crippen molar-refractivity contribution in [2.45, 2.75) is 31.9 Å². The Labute approximate surface area is 156 Å². The van der Waals surface area contributed by atoms with Crippen LogP contribution in [0.1, 0.15) is 40.9 Å². The summed E-state index contributed by atoms with van der Waals surface area (Å²) in [5.41, 5.74) is 7.04. The molecule has 25 heavy (non-hydrogen) atoms. The quantitative estimate of drug-likeness (QED) is 0.541. The normalized spacial score (nSPS) is 13.4. The summed E-state index contributed by atoms with van der Waals surface area (Å²) in [5, 5.41) is 23.5. The third kappa shape index (κ3) is 5.56. The van der Waals surface area contributed by atoms with E-state index in [1.807, 2.05) is 18.2 Å². The van der Waals surface area contributed by atoms with Crippen molar-refractivity contribution < 1.29 is 15.0 Å². The van der Waals surface area contributed by atoms with Gasteiger partial charge in [0, 0.05) is 12.6 Å². The van der Waals surface area contributed by atoms with Gasteiger partial charge in [-0.05, 0) is 59.0 Å². The van der Waals surface area contributed by atoms with Gasteiger partial charge in [0.05, 0.1) is 16.1 Å². The number of carbonyl (C=O) groups excluding carboxylic acids is 1. The number of nitrogens with two attached hydrogens (primary N) is 1. The molecule has 0 radical (unpaired) electrons. The fraction of sp³-hybridized carbons (Fsp3) is 0.316. The largest absolute Gasteiger partial charge is 0.506 e. The average molecular weight is 407 g/mol. The Bertz CT molecular complexity index is 722. The number of carbonyl (C=O) groups is 1. The number of benzene rings is 2. The lowest BCUT2D eigenvalue weighted by molar-refractivity contribution is 0.0997. The van der Waals surface area contributed by atoms with Crippen LogP contribution in [-0.2, 0) is 6.42 Å². The van der Waals surface area contributed by atoms with Gasteiger partial charge in [0.1, 0.15) is 5.75 Å². The molecular formula is C19H23BrN2O3. The van der Waals surface area contributed by atoms with Crippen molar-refractivity contribution in [1.29, 1.82) is 0 Å². The first-order valence-electron chi connectivity index (χ1n) is 8.16. The lowest BCUT2D eigenvalue weighted by Gasteiger charge is -2.18. The number of aromatic hydroxyl groups is 1. The summed E-state index contributed by atoms with van der Waals surface area (Å²) in [7, 11) is 0. The van der Waals surface area contributed by atoms with E-state index in [2.05, 4.69) is 40.3 Å². The molecule has 0 spiro atoms. The Morgan fingerprint density at radius 2 is 1.96 bits per heavy atom. The van der Waals surface area contributed by atoms with Crippen LogP contribution < -0.4 is 11.1 Å². The fourth-order valence-corrected chi connectivity index (χ4v) is 3.04. The molecule has 0 aliphatic carbocycles. The molecule has 2 atom stereocenters.